The Labute approximate surface area is 123 Å². The number of benzene rings is 2. The van der Waals surface area contributed by atoms with E-state index in [9.17, 15) is 9.50 Å². The molecule has 108 valence electrons. The molecule has 0 amide bonds. The summed E-state index contributed by atoms with van der Waals surface area (Å²) in [5, 5.41) is 14.8. The third kappa shape index (κ3) is 1.92. The van der Waals surface area contributed by atoms with Gasteiger partial charge in [0, 0.05) is 0 Å². The Morgan fingerprint density at radius 1 is 1.10 bits per heavy atom. The van der Waals surface area contributed by atoms with Gasteiger partial charge in [0.05, 0.1) is 6.04 Å². The zero-order valence-electron chi connectivity index (χ0n) is 11.8. The van der Waals surface area contributed by atoms with Crippen molar-refractivity contribution in [2.45, 2.75) is 30.9 Å². The van der Waals surface area contributed by atoms with Crippen molar-refractivity contribution in [2.24, 2.45) is 0 Å². The summed E-state index contributed by atoms with van der Waals surface area (Å²) in [5.41, 5.74) is 3.33. The predicted octanol–water partition coefficient (Wildman–Crippen LogP) is 2.85. The average Bonchev–Trinajstić information content (AvgIpc) is 2.84. The number of nitrogens with one attached hydrogen (secondary N) is 1. The number of hydrogen-bond donors (Lipinski definition) is 2. The molecule has 4 rings (SSSR count). The molecule has 2 atom stereocenters. The largest absolute Gasteiger partial charge is 0.383 e. The molecule has 2 nitrogen and oxygen atoms in total. The standard InChI is InChI=1S/C18H18FNO/c19-14-5-6-16-13(11-14)7-9-18(16,21)17-15-4-2-1-3-12(15)8-10-20-17/h1-6,11,17,20-21H,7-10H2. The highest BCUT2D eigenvalue weighted by molar-refractivity contribution is 5.43. The van der Waals surface area contributed by atoms with Crippen LogP contribution in [0, 0.1) is 5.82 Å². The molecule has 2 N–H and O–H groups in total. The molecule has 3 heteroatoms. The second-order valence-electron chi connectivity index (χ2n) is 6.06. The third-order valence-electron chi connectivity index (χ3n) is 4.90. The van der Waals surface area contributed by atoms with Gasteiger partial charge in [0.2, 0.25) is 0 Å². The van der Waals surface area contributed by atoms with E-state index in [-0.39, 0.29) is 11.9 Å². The Hall–Kier alpha value is -1.71. The fraction of sp³-hybridized carbons (Fsp3) is 0.333. The molecule has 21 heavy (non-hydrogen) atoms. The molecule has 0 spiro atoms. The molecule has 1 heterocycles. The molecule has 1 aliphatic heterocycles. The van der Waals surface area contributed by atoms with Crippen LogP contribution in [0.3, 0.4) is 0 Å². The molecule has 0 bridgehead atoms. The van der Waals surface area contributed by atoms with E-state index in [1.165, 1.54) is 17.2 Å². The van der Waals surface area contributed by atoms with Crippen molar-refractivity contribution in [1.82, 2.24) is 5.32 Å². The molecule has 2 aromatic carbocycles. The topological polar surface area (TPSA) is 32.3 Å². The van der Waals surface area contributed by atoms with Crippen LogP contribution in [0.2, 0.25) is 0 Å². The van der Waals surface area contributed by atoms with Gasteiger partial charge >= 0.3 is 0 Å². The van der Waals surface area contributed by atoms with E-state index in [4.69, 9.17) is 0 Å². The van der Waals surface area contributed by atoms with E-state index in [1.807, 2.05) is 12.1 Å². The predicted molar refractivity (Wildman–Crippen MR) is 79.5 cm³/mol. The fourth-order valence-electron chi connectivity index (χ4n) is 3.88. The lowest BCUT2D eigenvalue weighted by atomic mass is 9.79. The third-order valence-corrected chi connectivity index (χ3v) is 4.90. The van der Waals surface area contributed by atoms with E-state index in [0.717, 1.165) is 30.5 Å². The summed E-state index contributed by atoms with van der Waals surface area (Å²) < 4.78 is 13.4. The van der Waals surface area contributed by atoms with Gasteiger partial charge in [-0.05, 0) is 60.2 Å². The second kappa shape index (κ2) is 4.65. The van der Waals surface area contributed by atoms with Crippen LogP contribution >= 0.6 is 0 Å². The maximum atomic E-state index is 13.4. The van der Waals surface area contributed by atoms with Crippen molar-refractivity contribution in [3.05, 3.63) is 70.5 Å². The lowest BCUT2D eigenvalue weighted by Gasteiger charge is -2.38. The van der Waals surface area contributed by atoms with Gasteiger partial charge in [0.15, 0.2) is 0 Å². The minimum absolute atomic E-state index is 0.117. The second-order valence-corrected chi connectivity index (χ2v) is 6.06. The first-order chi connectivity index (χ1) is 10.2. The number of rotatable bonds is 1. The van der Waals surface area contributed by atoms with E-state index < -0.39 is 5.60 Å². The van der Waals surface area contributed by atoms with Gasteiger partial charge in [-0.25, -0.2) is 4.39 Å². The van der Waals surface area contributed by atoms with Gasteiger partial charge in [-0.3, -0.25) is 0 Å². The fourth-order valence-corrected chi connectivity index (χ4v) is 3.88. The van der Waals surface area contributed by atoms with E-state index in [0.29, 0.717) is 6.42 Å². The molecular weight excluding hydrogens is 265 g/mol. The summed E-state index contributed by atoms with van der Waals surface area (Å²) in [6, 6.07) is 12.9. The first-order valence-electron chi connectivity index (χ1n) is 7.51. The summed E-state index contributed by atoms with van der Waals surface area (Å²) in [4.78, 5) is 0. The lowest BCUT2D eigenvalue weighted by molar-refractivity contribution is -0.00501. The Balaban J connectivity index is 1.82. The summed E-state index contributed by atoms with van der Waals surface area (Å²) in [7, 11) is 0. The molecule has 0 fully saturated rings. The average molecular weight is 283 g/mol. The molecule has 0 saturated carbocycles. The van der Waals surface area contributed by atoms with Crippen LogP contribution in [0.25, 0.3) is 0 Å². The van der Waals surface area contributed by atoms with Gasteiger partial charge in [-0.15, -0.1) is 0 Å². The molecule has 2 aromatic rings. The summed E-state index contributed by atoms with van der Waals surface area (Å²) in [6.45, 7) is 0.862. The van der Waals surface area contributed by atoms with Crippen LogP contribution in [0.15, 0.2) is 42.5 Å². The Morgan fingerprint density at radius 3 is 2.86 bits per heavy atom. The summed E-state index contributed by atoms with van der Waals surface area (Å²) in [6.07, 6.45) is 2.35. The normalized spacial score (nSPS) is 27.2. The molecule has 0 saturated heterocycles. The quantitative estimate of drug-likeness (QED) is 0.843. The summed E-state index contributed by atoms with van der Waals surface area (Å²) >= 11 is 0. The smallest absolute Gasteiger partial charge is 0.123 e. The molecule has 0 aromatic heterocycles. The monoisotopic (exact) mass is 283 g/mol. The zero-order valence-corrected chi connectivity index (χ0v) is 11.8. The van der Waals surface area contributed by atoms with Crippen molar-refractivity contribution in [3.8, 4) is 0 Å². The molecule has 1 aliphatic carbocycles. The summed E-state index contributed by atoms with van der Waals surface area (Å²) in [5.74, 6) is -0.227. The van der Waals surface area contributed by atoms with Crippen molar-refractivity contribution >= 4 is 0 Å². The Morgan fingerprint density at radius 2 is 1.95 bits per heavy atom. The van der Waals surface area contributed by atoms with Gasteiger partial charge in [0.1, 0.15) is 11.4 Å². The van der Waals surface area contributed by atoms with Gasteiger partial charge in [-0.2, -0.15) is 0 Å². The van der Waals surface area contributed by atoms with Crippen LogP contribution in [-0.2, 0) is 18.4 Å². The Kier molecular flexibility index (Phi) is 2.88. The van der Waals surface area contributed by atoms with Gasteiger partial charge in [0.25, 0.3) is 0 Å². The van der Waals surface area contributed by atoms with Gasteiger partial charge in [-0.1, -0.05) is 30.3 Å². The number of hydrogen-bond acceptors (Lipinski definition) is 2. The van der Waals surface area contributed by atoms with Crippen molar-refractivity contribution in [1.29, 1.82) is 0 Å². The minimum atomic E-state index is -0.945. The number of aryl methyl sites for hydroxylation is 1. The highest BCUT2D eigenvalue weighted by Gasteiger charge is 2.45. The van der Waals surface area contributed by atoms with E-state index in [1.54, 1.807) is 12.1 Å². The molecule has 2 aliphatic rings. The van der Waals surface area contributed by atoms with Crippen LogP contribution in [0.5, 0.6) is 0 Å². The maximum absolute atomic E-state index is 13.4. The molecule has 0 radical (unpaired) electrons. The maximum Gasteiger partial charge on any atom is 0.123 e. The van der Waals surface area contributed by atoms with E-state index in [2.05, 4.69) is 17.4 Å². The minimum Gasteiger partial charge on any atom is -0.383 e. The zero-order chi connectivity index (χ0) is 14.4. The van der Waals surface area contributed by atoms with Crippen LogP contribution in [0.4, 0.5) is 4.39 Å². The van der Waals surface area contributed by atoms with Crippen LogP contribution < -0.4 is 5.32 Å². The number of fused-ring (bicyclic) bond motifs is 2. The first-order valence-corrected chi connectivity index (χ1v) is 7.51. The molecule has 2 unspecified atom stereocenters. The van der Waals surface area contributed by atoms with Gasteiger partial charge < -0.3 is 10.4 Å². The SMILES string of the molecule is OC1(C2NCCc3ccccc32)CCc2cc(F)ccc21. The van der Waals surface area contributed by atoms with Crippen LogP contribution in [0.1, 0.15) is 34.7 Å². The van der Waals surface area contributed by atoms with Crippen molar-refractivity contribution < 1.29 is 9.50 Å². The Bertz CT molecular complexity index is 699. The molecular formula is C18H18FNO. The number of aliphatic hydroxyl groups is 1. The van der Waals surface area contributed by atoms with Crippen molar-refractivity contribution in [2.75, 3.05) is 6.54 Å². The lowest BCUT2D eigenvalue weighted by Crippen LogP contribution is -2.44. The van der Waals surface area contributed by atoms with Crippen molar-refractivity contribution in [3.63, 3.8) is 0 Å². The highest BCUT2D eigenvalue weighted by atomic mass is 19.1. The first kappa shape index (κ1) is 13.0. The number of halogens is 1. The highest BCUT2D eigenvalue weighted by Crippen LogP contribution is 2.47. The van der Waals surface area contributed by atoms with E-state index >= 15 is 0 Å². The van der Waals surface area contributed by atoms with Crippen LogP contribution in [-0.4, -0.2) is 11.7 Å².